The molecule has 272 valence electrons. The molecule has 6 atom stereocenters. The van der Waals surface area contributed by atoms with Crippen molar-refractivity contribution in [3.8, 4) is 11.3 Å². The molecule has 0 radical (unpaired) electrons. The maximum absolute atomic E-state index is 13.5. The van der Waals surface area contributed by atoms with Crippen molar-refractivity contribution < 1.29 is 33.4 Å². The van der Waals surface area contributed by atoms with E-state index in [-0.39, 0.29) is 29.9 Å². The molecule has 4 heterocycles. The van der Waals surface area contributed by atoms with Crippen LogP contribution in [-0.2, 0) is 30.3 Å². The Morgan fingerprint density at radius 1 is 1.12 bits per heavy atom. The number of carbonyl (C=O) groups is 3. The summed E-state index contributed by atoms with van der Waals surface area (Å²) in [5, 5.41) is 13.5. The number of aromatic nitrogens is 2. The normalized spacial score (nSPS) is 22.0. The predicted octanol–water partition coefficient (Wildman–Crippen LogP) is 3.70. The number of fused-ring (bicyclic) bond motifs is 1. The largest absolute Gasteiger partial charge is 0.458 e. The molecule has 2 fully saturated rings. The van der Waals surface area contributed by atoms with Crippen molar-refractivity contribution in [3.05, 3.63) is 52.6 Å². The average molecular weight is 694 g/mol. The van der Waals surface area contributed by atoms with E-state index in [4.69, 9.17) is 19.6 Å². The van der Waals surface area contributed by atoms with Gasteiger partial charge in [-0.05, 0) is 49.1 Å². The number of amides is 2. The first kappa shape index (κ1) is 37.2. The Morgan fingerprint density at radius 2 is 1.86 bits per heavy atom. The Labute approximate surface area is 292 Å². The summed E-state index contributed by atoms with van der Waals surface area (Å²) in [4.78, 5) is 58.6. The van der Waals surface area contributed by atoms with Crippen LogP contribution in [-0.4, -0.2) is 80.8 Å². The lowest BCUT2D eigenvalue weighted by atomic mass is 10.0. The molecule has 5 rings (SSSR count). The van der Waals surface area contributed by atoms with E-state index in [1.165, 1.54) is 27.9 Å². The summed E-state index contributed by atoms with van der Waals surface area (Å²) in [6.45, 7) is 9.39. The van der Waals surface area contributed by atoms with E-state index in [0.717, 1.165) is 18.4 Å². The van der Waals surface area contributed by atoms with Crippen LogP contribution in [0.2, 0.25) is 0 Å². The van der Waals surface area contributed by atoms with Crippen molar-refractivity contribution in [3.63, 3.8) is 0 Å². The number of hydrogen-bond donors (Lipinski definition) is 3. The number of ether oxygens (including phenoxy) is 2. The average Bonchev–Trinajstić information content (AvgIpc) is 3.84. The molecule has 2 aliphatic heterocycles. The zero-order valence-electron chi connectivity index (χ0n) is 29.7. The third-order valence-electron chi connectivity index (χ3n) is 9.74. The second-order valence-corrected chi connectivity index (χ2v) is 14.2. The SMILES string of the molecule is CCCCCc1ccc(-c2cc3cn([C@H]4C[C@H](OC(=O)[C@@H](NC(=O)[C@@H]5CCCN5C(=O)[C@@H](N)C(C)C)C(C)C)[C@@H](CO)O4)c(=O)nc3o2)cc1. The van der Waals surface area contributed by atoms with Crippen LogP contribution in [0.15, 0.2) is 45.7 Å². The Balaban J connectivity index is 1.26. The molecular weight excluding hydrogens is 642 g/mol. The van der Waals surface area contributed by atoms with Crippen LogP contribution < -0.4 is 16.7 Å². The molecule has 2 amide bonds. The monoisotopic (exact) mass is 693 g/mol. The molecular formula is C37H51N5O8. The van der Waals surface area contributed by atoms with E-state index in [2.05, 4.69) is 29.4 Å². The van der Waals surface area contributed by atoms with Gasteiger partial charge in [-0.2, -0.15) is 4.98 Å². The Kier molecular flexibility index (Phi) is 12.1. The van der Waals surface area contributed by atoms with Gasteiger partial charge in [0.2, 0.25) is 17.5 Å². The Bertz CT molecular complexity index is 1700. The summed E-state index contributed by atoms with van der Waals surface area (Å²) < 4.78 is 19.1. The lowest BCUT2D eigenvalue weighted by Gasteiger charge is -2.30. The number of nitrogens with one attached hydrogen (secondary N) is 1. The van der Waals surface area contributed by atoms with Gasteiger partial charge in [0.1, 0.15) is 36.3 Å². The number of esters is 1. The maximum atomic E-state index is 13.5. The van der Waals surface area contributed by atoms with Crippen molar-refractivity contribution in [1.29, 1.82) is 0 Å². The number of rotatable bonds is 14. The number of aliphatic hydroxyl groups is 1. The van der Waals surface area contributed by atoms with Crippen LogP contribution in [0, 0.1) is 11.8 Å². The quantitative estimate of drug-likeness (QED) is 0.167. The molecule has 0 aliphatic carbocycles. The third kappa shape index (κ3) is 8.27. The number of furan rings is 1. The maximum Gasteiger partial charge on any atom is 0.353 e. The number of carbonyl (C=O) groups excluding carboxylic acids is 3. The minimum Gasteiger partial charge on any atom is -0.458 e. The molecule has 0 spiro atoms. The number of nitrogens with zero attached hydrogens (tertiary/aromatic N) is 3. The number of aliphatic hydroxyl groups excluding tert-OH is 1. The van der Waals surface area contributed by atoms with Gasteiger partial charge in [-0.25, -0.2) is 9.59 Å². The van der Waals surface area contributed by atoms with Crippen LogP contribution in [0.3, 0.4) is 0 Å². The predicted molar refractivity (Wildman–Crippen MR) is 187 cm³/mol. The molecule has 0 saturated carbocycles. The first-order chi connectivity index (χ1) is 23.9. The number of hydrogen-bond acceptors (Lipinski definition) is 10. The van der Waals surface area contributed by atoms with Gasteiger partial charge in [0.05, 0.1) is 18.0 Å². The summed E-state index contributed by atoms with van der Waals surface area (Å²) in [5.74, 6) is -1.30. The zero-order chi connectivity index (χ0) is 36.1. The van der Waals surface area contributed by atoms with Gasteiger partial charge in [0, 0.05) is 24.7 Å². The first-order valence-corrected chi connectivity index (χ1v) is 17.9. The van der Waals surface area contributed by atoms with Crippen LogP contribution in [0.1, 0.15) is 84.9 Å². The smallest absolute Gasteiger partial charge is 0.353 e. The molecule has 3 aromatic rings. The molecule has 2 aliphatic rings. The van der Waals surface area contributed by atoms with Gasteiger partial charge in [-0.3, -0.25) is 14.2 Å². The van der Waals surface area contributed by atoms with Gasteiger partial charge in [0.15, 0.2) is 0 Å². The highest BCUT2D eigenvalue weighted by molar-refractivity contribution is 5.92. The van der Waals surface area contributed by atoms with Gasteiger partial charge in [-0.1, -0.05) is 71.7 Å². The first-order valence-electron chi connectivity index (χ1n) is 17.9. The second kappa shape index (κ2) is 16.3. The number of unbranched alkanes of at least 4 members (excludes halogenated alkanes) is 2. The van der Waals surface area contributed by atoms with E-state index in [0.29, 0.717) is 30.5 Å². The molecule has 0 unspecified atom stereocenters. The lowest BCUT2D eigenvalue weighted by molar-refractivity contribution is -0.158. The van der Waals surface area contributed by atoms with E-state index >= 15 is 0 Å². The van der Waals surface area contributed by atoms with Gasteiger partial charge < -0.3 is 34.9 Å². The molecule has 1 aromatic carbocycles. The molecule has 2 saturated heterocycles. The van der Waals surface area contributed by atoms with E-state index < -0.39 is 60.7 Å². The highest BCUT2D eigenvalue weighted by atomic mass is 16.6. The van der Waals surface area contributed by atoms with Crippen molar-refractivity contribution in [2.75, 3.05) is 13.2 Å². The van der Waals surface area contributed by atoms with E-state index in [1.807, 2.05) is 32.0 Å². The summed E-state index contributed by atoms with van der Waals surface area (Å²) in [7, 11) is 0. The zero-order valence-corrected chi connectivity index (χ0v) is 29.7. The van der Waals surface area contributed by atoms with Crippen LogP contribution in [0.5, 0.6) is 0 Å². The summed E-state index contributed by atoms with van der Waals surface area (Å²) >= 11 is 0. The van der Waals surface area contributed by atoms with Crippen LogP contribution in [0.25, 0.3) is 22.4 Å². The Hall–Kier alpha value is -4.07. The number of benzene rings is 1. The van der Waals surface area contributed by atoms with Crippen LogP contribution >= 0.6 is 0 Å². The summed E-state index contributed by atoms with van der Waals surface area (Å²) in [6.07, 6.45) is 4.62. The third-order valence-corrected chi connectivity index (χ3v) is 9.74. The highest BCUT2D eigenvalue weighted by Gasteiger charge is 2.42. The molecule has 0 bridgehead atoms. The molecule has 13 nitrogen and oxygen atoms in total. The lowest BCUT2D eigenvalue weighted by Crippen LogP contribution is -2.56. The number of likely N-dealkylation sites (tertiary alicyclic amines) is 1. The second-order valence-electron chi connectivity index (χ2n) is 14.2. The fourth-order valence-corrected chi connectivity index (χ4v) is 6.60. The van der Waals surface area contributed by atoms with Crippen molar-refractivity contribution in [1.82, 2.24) is 19.8 Å². The molecule has 4 N–H and O–H groups in total. The Morgan fingerprint density at radius 3 is 2.52 bits per heavy atom. The molecule has 50 heavy (non-hydrogen) atoms. The van der Waals surface area contributed by atoms with Crippen molar-refractivity contribution in [2.24, 2.45) is 17.6 Å². The fraction of sp³-hybridized carbons (Fsp3) is 0.595. The molecule has 2 aromatic heterocycles. The van der Waals surface area contributed by atoms with E-state index in [1.54, 1.807) is 20.0 Å². The van der Waals surface area contributed by atoms with Gasteiger partial charge in [0.25, 0.3) is 0 Å². The number of nitrogens with two attached hydrogens (primary N) is 1. The van der Waals surface area contributed by atoms with Gasteiger partial charge in [-0.15, -0.1) is 0 Å². The number of aryl methyl sites for hydroxylation is 1. The standard InChI is InChI=1S/C37H51N5O8/c1-6-7-8-10-23-12-14-24(15-13-23)27-17-25-19-42(37(47)40-34(25)49-27)30-18-28(29(20-43)48-30)50-36(46)32(22(4)5)39-33(44)26-11-9-16-41(26)35(45)31(38)21(2)3/h12-15,17,19,21-22,26,28-32,43H,6-11,16,18,20,38H2,1-5H3,(H,39,44)/t26-,28-,29+,30+,31-,32-/m0/s1. The fourth-order valence-electron chi connectivity index (χ4n) is 6.60. The van der Waals surface area contributed by atoms with Gasteiger partial charge >= 0.3 is 11.7 Å². The topological polar surface area (TPSA) is 179 Å². The van der Waals surface area contributed by atoms with Crippen LogP contribution in [0.4, 0.5) is 0 Å². The molecule has 13 heteroatoms. The highest BCUT2D eigenvalue weighted by Crippen LogP contribution is 2.32. The summed E-state index contributed by atoms with van der Waals surface area (Å²) in [5.41, 5.74) is 7.79. The summed E-state index contributed by atoms with van der Waals surface area (Å²) in [6, 6.07) is 7.48. The minimum atomic E-state index is -1.02. The minimum absolute atomic E-state index is 0.0744. The van der Waals surface area contributed by atoms with Crippen molar-refractivity contribution in [2.45, 2.75) is 116 Å². The van der Waals surface area contributed by atoms with Crippen molar-refractivity contribution >= 4 is 28.9 Å². The van der Waals surface area contributed by atoms with E-state index in [9.17, 15) is 24.3 Å².